The lowest BCUT2D eigenvalue weighted by Crippen LogP contribution is -2.26. The molecule has 180 valence electrons. The highest BCUT2D eigenvalue weighted by atomic mass is 19.2. The molecule has 0 aromatic heterocycles. The first kappa shape index (κ1) is 24.2. The molecule has 1 saturated heterocycles. The summed E-state index contributed by atoms with van der Waals surface area (Å²) in [4.78, 5) is 0. The van der Waals surface area contributed by atoms with Crippen LogP contribution in [0.3, 0.4) is 0 Å². The molecule has 2 saturated carbocycles. The van der Waals surface area contributed by atoms with E-state index in [2.05, 4.69) is 13.8 Å². The molecule has 0 N–H and O–H groups in total. The smallest absolute Gasteiger partial charge is 0.162 e. The molecule has 2 aliphatic carbocycles. The molecule has 2 unspecified atom stereocenters. The fraction of sp³-hybridized carbons (Fsp3) is 0.793. The van der Waals surface area contributed by atoms with Gasteiger partial charge in [-0.3, -0.25) is 0 Å². The van der Waals surface area contributed by atoms with Crippen LogP contribution in [0.5, 0.6) is 0 Å². The van der Waals surface area contributed by atoms with E-state index in [-0.39, 0.29) is 11.8 Å². The molecule has 3 aliphatic rings. The summed E-state index contributed by atoms with van der Waals surface area (Å²) in [6.45, 7) is 4.98. The third-order valence-electron chi connectivity index (χ3n) is 9.03. The second kappa shape index (κ2) is 11.4. The fourth-order valence-corrected chi connectivity index (χ4v) is 7.07. The summed E-state index contributed by atoms with van der Waals surface area (Å²) in [7, 11) is 0. The van der Waals surface area contributed by atoms with E-state index in [4.69, 9.17) is 4.74 Å². The van der Waals surface area contributed by atoms with E-state index in [1.807, 2.05) is 12.1 Å². The van der Waals surface area contributed by atoms with Crippen molar-refractivity contribution in [3.05, 3.63) is 34.9 Å². The lowest BCUT2D eigenvalue weighted by molar-refractivity contribution is -0.00183. The van der Waals surface area contributed by atoms with Crippen LogP contribution in [0.2, 0.25) is 0 Å². The van der Waals surface area contributed by atoms with E-state index >= 15 is 8.78 Å². The van der Waals surface area contributed by atoms with Crippen LogP contribution in [0.15, 0.2) is 12.1 Å². The molecule has 2 atom stereocenters. The molecule has 3 heteroatoms. The van der Waals surface area contributed by atoms with Crippen LogP contribution in [0.4, 0.5) is 8.78 Å². The van der Waals surface area contributed by atoms with Crippen molar-refractivity contribution in [2.45, 2.75) is 122 Å². The van der Waals surface area contributed by atoms with E-state index in [1.165, 1.54) is 51.4 Å². The van der Waals surface area contributed by atoms with Crippen LogP contribution >= 0.6 is 0 Å². The molecular weight excluding hydrogens is 402 g/mol. The number of rotatable bonds is 7. The van der Waals surface area contributed by atoms with Crippen LogP contribution in [0, 0.1) is 29.4 Å². The van der Waals surface area contributed by atoms with E-state index < -0.39 is 11.6 Å². The number of benzene rings is 1. The zero-order valence-electron chi connectivity index (χ0n) is 20.4. The molecule has 1 aliphatic heterocycles. The summed E-state index contributed by atoms with van der Waals surface area (Å²) >= 11 is 0. The minimum Gasteiger partial charge on any atom is -0.378 e. The lowest BCUT2D eigenvalue weighted by Gasteiger charge is -2.38. The number of hydrogen-bond acceptors (Lipinski definition) is 1. The van der Waals surface area contributed by atoms with Crippen molar-refractivity contribution in [2.75, 3.05) is 6.61 Å². The normalized spacial score (nSPS) is 33.9. The van der Waals surface area contributed by atoms with Gasteiger partial charge >= 0.3 is 0 Å². The molecule has 1 nitrogen and oxygen atoms in total. The Labute approximate surface area is 194 Å². The Kier molecular flexibility index (Phi) is 8.65. The lowest BCUT2D eigenvalue weighted by atomic mass is 9.68. The minimum atomic E-state index is -0.610. The van der Waals surface area contributed by atoms with Crippen molar-refractivity contribution >= 4 is 0 Å². The van der Waals surface area contributed by atoms with Gasteiger partial charge < -0.3 is 4.74 Å². The Balaban J connectivity index is 1.32. The van der Waals surface area contributed by atoms with Crippen molar-refractivity contribution in [3.8, 4) is 0 Å². The highest BCUT2D eigenvalue weighted by molar-refractivity contribution is 5.32. The van der Waals surface area contributed by atoms with E-state index in [1.54, 1.807) is 0 Å². The van der Waals surface area contributed by atoms with Crippen LogP contribution in [-0.4, -0.2) is 12.7 Å². The average molecular weight is 447 g/mol. The van der Waals surface area contributed by atoms with Gasteiger partial charge in [0, 0.05) is 5.92 Å². The minimum absolute atomic E-state index is 0.00905. The molecule has 4 rings (SSSR count). The maximum Gasteiger partial charge on any atom is 0.162 e. The molecular formula is C29H44F2O. The van der Waals surface area contributed by atoms with Crippen molar-refractivity contribution < 1.29 is 13.5 Å². The summed E-state index contributed by atoms with van der Waals surface area (Å²) in [5.74, 6) is 1.61. The summed E-state index contributed by atoms with van der Waals surface area (Å²) in [5.41, 5.74) is 1.15. The van der Waals surface area contributed by atoms with Gasteiger partial charge in [-0.15, -0.1) is 0 Å². The Morgan fingerprint density at radius 1 is 0.688 bits per heavy atom. The van der Waals surface area contributed by atoms with E-state index in [9.17, 15) is 0 Å². The molecule has 1 heterocycles. The van der Waals surface area contributed by atoms with Gasteiger partial charge in [0.1, 0.15) is 0 Å². The molecule has 3 fully saturated rings. The highest BCUT2D eigenvalue weighted by Gasteiger charge is 2.33. The molecule has 32 heavy (non-hydrogen) atoms. The maximum absolute atomic E-state index is 15.2. The molecule has 0 spiro atoms. The van der Waals surface area contributed by atoms with Crippen LogP contribution in [0.1, 0.15) is 127 Å². The van der Waals surface area contributed by atoms with Crippen molar-refractivity contribution in [2.24, 2.45) is 17.8 Å². The van der Waals surface area contributed by atoms with Crippen LogP contribution < -0.4 is 0 Å². The Morgan fingerprint density at radius 3 is 1.75 bits per heavy atom. The standard InChI is InChI=1S/C29H44F2O/c1-3-5-20-7-9-21(10-8-20)22-11-13-23(14-12-22)26-17-18-27(29(31)28(26)30)24-15-16-25(6-4-2)32-19-24/h17-18,20-25H,3-16,19H2,1-2H3. The van der Waals surface area contributed by atoms with Gasteiger partial charge in [0.2, 0.25) is 0 Å². The fourth-order valence-electron chi connectivity index (χ4n) is 7.07. The van der Waals surface area contributed by atoms with Crippen LogP contribution in [-0.2, 0) is 4.74 Å². The maximum atomic E-state index is 15.2. The summed E-state index contributed by atoms with van der Waals surface area (Å²) in [5, 5.41) is 0. The number of halogens is 2. The zero-order valence-corrected chi connectivity index (χ0v) is 20.4. The summed E-state index contributed by atoms with van der Waals surface area (Å²) < 4.78 is 36.2. The molecule has 1 aromatic rings. The summed E-state index contributed by atoms with van der Waals surface area (Å²) in [6, 6.07) is 3.76. The topological polar surface area (TPSA) is 9.23 Å². The predicted octanol–water partition coefficient (Wildman–Crippen LogP) is 8.91. The second-order valence-electron chi connectivity index (χ2n) is 11.1. The van der Waals surface area contributed by atoms with Gasteiger partial charge in [0.25, 0.3) is 0 Å². The first-order chi connectivity index (χ1) is 15.6. The van der Waals surface area contributed by atoms with Gasteiger partial charge in [-0.05, 0) is 92.6 Å². The first-order valence-electron chi connectivity index (χ1n) is 13.7. The first-order valence-corrected chi connectivity index (χ1v) is 13.7. The molecule has 0 bridgehead atoms. The molecule has 0 radical (unpaired) electrons. The Bertz CT molecular complexity index is 708. The Morgan fingerprint density at radius 2 is 1.22 bits per heavy atom. The largest absolute Gasteiger partial charge is 0.378 e. The van der Waals surface area contributed by atoms with Gasteiger partial charge in [-0.2, -0.15) is 0 Å². The third-order valence-corrected chi connectivity index (χ3v) is 9.03. The second-order valence-corrected chi connectivity index (χ2v) is 11.1. The number of ether oxygens (including phenoxy) is 1. The molecule has 0 amide bonds. The number of hydrogen-bond donors (Lipinski definition) is 0. The summed E-state index contributed by atoms with van der Waals surface area (Å²) in [6.07, 6.45) is 17.0. The molecule has 1 aromatic carbocycles. The van der Waals surface area contributed by atoms with Gasteiger partial charge in [0.05, 0.1) is 12.7 Å². The van der Waals surface area contributed by atoms with Gasteiger partial charge in [-0.1, -0.05) is 58.1 Å². The van der Waals surface area contributed by atoms with Gasteiger partial charge in [-0.25, -0.2) is 8.78 Å². The van der Waals surface area contributed by atoms with E-state index in [0.29, 0.717) is 23.8 Å². The quantitative estimate of drug-likeness (QED) is 0.406. The average Bonchev–Trinajstić information content (AvgIpc) is 2.83. The van der Waals surface area contributed by atoms with Gasteiger partial charge in [0.15, 0.2) is 11.6 Å². The monoisotopic (exact) mass is 446 g/mol. The third kappa shape index (κ3) is 5.57. The SMILES string of the molecule is CCCC1CCC(C2CCC(c3ccc(C4CCC(CCC)OC4)c(F)c3F)CC2)CC1. The zero-order chi connectivity index (χ0) is 22.5. The Hall–Kier alpha value is -0.960. The van der Waals surface area contributed by atoms with Crippen LogP contribution in [0.25, 0.3) is 0 Å². The highest BCUT2D eigenvalue weighted by Crippen LogP contribution is 2.45. The van der Waals surface area contributed by atoms with Crippen molar-refractivity contribution in [1.29, 1.82) is 0 Å². The van der Waals surface area contributed by atoms with Crippen molar-refractivity contribution in [3.63, 3.8) is 0 Å². The van der Waals surface area contributed by atoms with E-state index in [0.717, 1.165) is 56.3 Å². The predicted molar refractivity (Wildman–Crippen MR) is 128 cm³/mol. The van der Waals surface area contributed by atoms with Crippen molar-refractivity contribution in [1.82, 2.24) is 0 Å².